The van der Waals surface area contributed by atoms with Crippen molar-refractivity contribution in [3.63, 3.8) is 0 Å². The maximum atomic E-state index is 2.41. The summed E-state index contributed by atoms with van der Waals surface area (Å²) in [6.45, 7) is 9.55. The topological polar surface area (TPSA) is 0 Å². The molecule has 0 atom stereocenters. The third kappa shape index (κ3) is 2.65. The minimum absolute atomic E-state index is 1.20. The molecule has 0 spiro atoms. The fraction of sp³-hybridized carbons (Fsp3) is 1.00. The molecule has 0 aliphatic heterocycles. The molecule has 1 heteroatoms. The van der Waals surface area contributed by atoms with E-state index < -0.39 is 13.3 Å². The predicted octanol–water partition coefficient (Wildman–Crippen LogP) is 3.90. The van der Waals surface area contributed by atoms with E-state index in [1.165, 1.54) is 6.42 Å². The summed E-state index contributed by atoms with van der Waals surface area (Å²) in [6.07, 6.45) is 1.43. The molecule has 0 nitrogen and oxygen atoms in total. The Hall–Kier alpha value is 0.543. The van der Waals surface area contributed by atoms with Crippen LogP contribution < -0.4 is 0 Å². The second-order valence-electron chi connectivity index (χ2n) is 3.31. The molecule has 0 aromatic carbocycles. The molecule has 0 aromatic rings. The summed E-state index contributed by atoms with van der Waals surface area (Å²) < 4.78 is 0. The van der Waals surface area contributed by atoms with Gasteiger partial charge < -0.3 is 0 Å². The van der Waals surface area contributed by atoms with E-state index in [2.05, 4.69) is 27.7 Å². The van der Waals surface area contributed by atoms with Gasteiger partial charge in [0.25, 0.3) is 0 Å². The van der Waals surface area contributed by atoms with Crippen molar-refractivity contribution in [2.45, 2.75) is 55.1 Å². The van der Waals surface area contributed by atoms with E-state index in [0.29, 0.717) is 0 Å². The molecule has 0 heterocycles. The Bertz CT molecular complexity index is 66.5. The molecule has 0 saturated carbocycles. The summed E-state index contributed by atoms with van der Waals surface area (Å²) in [7, 11) is 0. The van der Waals surface area contributed by atoms with Crippen LogP contribution in [0, 0.1) is 0 Å². The van der Waals surface area contributed by atoms with Gasteiger partial charge >= 0.3 is 68.4 Å². The van der Waals surface area contributed by atoms with E-state index in [9.17, 15) is 0 Å². The molecule has 0 aliphatic rings. The van der Waals surface area contributed by atoms with Crippen LogP contribution in [0.15, 0.2) is 0 Å². The van der Waals surface area contributed by atoms with E-state index >= 15 is 0 Å². The first-order chi connectivity index (χ1) is 4.74. The van der Waals surface area contributed by atoms with Crippen LogP contribution in [0.5, 0.6) is 0 Å². The van der Waals surface area contributed by atoms with E-state index in [0.717, 1.165) is 0 Å². The first-order valence-corrected chi connectivity index (χ1v) is 10.7. The third-order valence-electron chi connectivity index (χ3n) is 3.03. The van der Waals surface area contributed by atoms with Gasteiger partial charge in [-0.1, -0.05) is 0 Å². The molecule has 10 heavy (non-hydrogen) atoms. The molecule has 0 saturated heterocycles. The molecule has 0 N–H and O–H groups in total. The van der Waals surface area contributed by atoms with Crippen molar-refractivity contribution in [3.8, 4) is 0 Å². The molecule has 0 bridgehead atoms. The molecular formula is C9H22Ge. The molecule has 0 unspecified atom stereocenters. The second-order valence-corrected chi connectivity index (χ2v) is 15.1. The summed E-state index contributed by atoms with van der Waals surface area (Å²) in [4.78, 5) is 0. The minimum atomic E-state index is -1.20. The first kappa shape index (κ1) is 10.5. The van der Waals surface area contributed by atoms with Crippen molar-refractivity contribution in [2.75, 3.05) is 0 Å². The van der Waals surface area contributed by atoms with Crippen molar-refractivity contribution in [3.05, 3.63) is 0 Å². The Morgan fingerprint density at radius 3 is 1.30 bits per heavy atom. The van der Waals surface area contributed by atoms with Crippen molar-refractivity contribution >= 4 is 13.3 Å². The Balaban J connectivity index is 3.87. The third-order valence-corrected chi connectivity index (χ3v) is 15.7. The van der Waals surface area contributed by atoms with Crippen LogP contribution >= 0.6 is 0 Å². The van der Waals surface area contributed by atoms with Crippen molar-refractivity contribution in [2.24, 2.45) is 0 Å². The average Bonchev–Trinajstić information content (AvgIpc) is 2.01. The van der Waals surface area contributed by atoms with Gasteiger partial charge in [-0.3, -0.25) is 0 Å². The Morgan fingerprint density at radius 1 is 0.800 bits per heavy atom. The van der Waals surface area contributed by atoms with Gasteiger partial charge in [0.15, 0.2) is 0 Å². The molecule has 0 aromatic heterocycles. The van der Waals surface area contributed by atoms with Gasteiger partial charge in [-0.15, -0.1) is 0 Å². The van der Waals surface area contributed by atoms with Gasteiger partial charge in [0, 0.05) is 0 Å². The van der Waals surface area contributed by atoms with Crippen LogP contribution in [0.2, 0.25) is 21.0 Å². The quantitative estimate of drug-likeness (QED) is 0.594. The molecular weight excluding hydrogens is 181 g/mol. The van der Waals surface area contributed by atoms with Crippen molar-refractivity contribution in [1.82, 2.24) is 0 Å². The average molecular weight is 203 g/mol. The molecule has 0 radical (unpaired) electrons. The summed E-state index contributed by atoms with van der Waals surface area (Å²) >= 11 is -1.20. The van der Waals surface area contributed by atoms with Gasteiger partial charge in [-0.05, 0) is 0 Å². The molecule has 0 fully saturated rings. The van der Waals surface area contributed by atoms with E-state index in [-0.39, 0.29) is 0 Å². The predicted molar refractivity (Wildman–Crippen MR) is 52.3 cm³/mol. The SMILES string of the molecule is CC[CH2][Ge]([CH2]C)([CH2]C)[CH2]C. The zero-order chi connectivity index (χ0) is 8.04. The van der Waals surface area contributed by atoms with Gasteiger partial charge in [0.1, 0.15) is 0 Å². The maximum absolute atomic E-state index is 2.41. The van der Waals surface area contributed by atoms with E-state index in [1.807, 2.05) is 0 Å². The zero-order valence-electron chi connectivity index (χ0n) is 8.04. The number of rotatable bonds is 5. The molecule has 62 valence electrons. The van der Waals surface area contributed by atoms with Gasteiger partial charge in [-0.25, -0.2) is 0 Å². The Morgan fingerprint density at radius 2 is 1.20 bits per heavy atom. The number of hydrogen-bond donors (Lipinski definition) is 0. The summed E-state index contributed by atoms with van der Waals surface area (Å²) in [6, 6.07) is 0. The van der Waals surface area contributed by atoms with Crippen LogP contribution in [0.25, 0.3) is 0 Å². The standard InChI is InChI=1S/C9H22Ge/c1-5-9-10(6-2,7-3)8-4/h5-9H2,1-4H3. The molecule has 0 amide bonds. The van der Waals surface area contributed by atoms with Crippen molar-refractivity contribution < 1.29 is 0 Å². The van der Waals surface area contributed by atoms with Gasteiger partial charge in [-0.2, -0.15) is 0 Å². The normalized spacial score (nSPS) is 12.0. The van der Waals surface area contributed by atoms with Crippen LogP contribution in [0.3, 0.4) is 0 Å². The summed E-state index contributed by atoms with van der Waals surface area (Å²) in [5.41, 5.74) is 0. The summed E-state index contributed by atoms with van der Waals surface area (Å²) in [5, 5.41) is 6.23. The Labute approximate surface area is 68.8 Å². The monoisotopic (exact) mass is 204 g/mol. The van der Waals surface area contributed by atoms with E-state index in [1.54, 1.807) is 21.0 Å². The Kier molecular flexibility index (Phi) is 5.51. The van der Waals surface area contributed by atoms with E-state index in [4.69, 9.17) is 0 Å². The van der Waals surface area contributed by atoms with Crippen LogP contribution in [0.4, 0.5) is 0 Å². The second kappa shape index (κ2) is 5.23. The number of hydrogen-bond acceptors (Lipinski definition) is 0. The van der Waals surface area contributed by atoms with Crippen molar-refractivity contribution in [1.29, 1.82) is 0 Å². The fourth-order valence-electron chi connectivity index (χ4n) is 1.81. The molecule has 0 rings (SSSR count). The van der Waals surface area contributed by atoms with Gasteiger partial charge in [0.05, 0.1) is 0 Å². The molecule has 0 aliphatic carbocycles. The fourth-order valence-corrected chi connectivity index (χ4v) is 9.41. The van der Waals surface area contributed by atoms with Crippen LogP contribution in [-0.4, -0.2) is 13.3 Å². The van der Waals surface area contributed by atoms with Crippen LogP contribution in [0.1, 0.15) is 34.1 Å². The van der Waals surface area contributed by atoms with Gasteiger partial charge in [0.2, 0.25) is 0 Å². The van der Waals surface area contributed by atoms with Crippen LogP contribution in [-0.2, 0) is 0 Å². The zero-order valence-corrected chi connectivity index (χ0v) is 10.1. The summed E-state index contributed by atoms with van der Waals surface area (Å²) in [5.74, 6) is 0. The first-order valence-electron chi connectivity index (χ1n) is 4.74.